The van der Waals surface area contributed by atoms with Gasteiger partial charge in [-0.25, -0.2) is 8.42 Å². The van der Waals surface area contributed by atoms with Gasteiger partial charge in [0.1, 0.15) is 5.75 Å². The van der Waals surface area contributed by atoms with Gasteiger partial charge in [-0.1, -0.05) is 37.3 Å². The molecule has 3 aromatic rings. The van der Waals surface area contributed by atoms with Crippen molar-refractivity contribution in [2.45, 2.75) is 25.2 Å². The summed E-state index contributed by atoms with van der Waals surface area (Å²) in [4.78, 5) is 12.7. The first-order valence-corrected chi connectivity index (χ1v) is 11.0. The summed E-state index contributed by atoms with van der Waals surface area (Å²) >= 11 is 0. The molecule has 7 heteroatoms. The highest BCUT2D eigenvalue weighted by Crippen LogP contribution is 2.26. The third-order valence-electron chi connectivity index (χ3n) is 4.76. The van der Waals surface area contributed by atoms with Crippen LogP contribution in [0.4, 0.5) is 11.4 Å². The van der Waals surface area contributed by atoms with E-state index in [1.54, 1.807) is 24.3 Å². The van der Waals surface area contributed by atoms with Crippen LogP contribution in [0.5, 0.6) is 5.75 Å². The standard InChI is InChI=1S/C23H24N2O4S/c1-4-17-9-7-8-16(2)22(17)24-23(26)18-12-14-19(15-13-18)30(27,28)25-20-10-5-6-11-21(20)29-3/h5-15,25H,4H2,1-3H3,(H,24,26). The minimum atomic E-state index is -3.83. The molecule has 3 rings (SSSR count). The van der Waals surface area contributed by atoms with Gasteiger partial charge in [-0.3, -0.25) is 9.52 Å². The number of ether oxygens (including phenoxy) is 1. The maximum absolute atomic E-state index is 12.7. The summed E-state index contributed by atoms with van der Waals surface area (Å²) in [7, 11) is -2.36. The van der Waals surface area contributed by atoms with Crippen molar-refractivity contribution in [3.63, 3.8) is 0 Å². The highest BCUT2D eigenvalue weighted by Gasteiger charge is 2.17. The molecule has 0 aliphatic heterocycles. The first kappa shape index (κ1) is 21.4. The van der Waals surface area contributed by atoms with Gasteiger partial charge in [-0.05, 0) is 60.9 Å². The largest absolute Gasteiger partial charge is 0.495 e. The molecule has 0 radical (unpaired) electrons. The zero-order valence-corrected chi connectivity index (χ0v) is 17.9. The molecule has 2 N–H and O–H groups in total. The van der Waals surface area contributed by atoms with Gasteiger partial charge in [-0.2, -0.15) is 0 Å². The zero-order valence-electron chi connectivity index (χ0n) is 17.1. The number of nitrogens with one attached hydrogen (secondary N) is 2. The summed E-state index contributed by atoms with van der Waals surface area (Å²) in [6.07, 6.45) is 0.795. The lowest BCUT2D eigenvalue weighted by Gasteiger charge is -2.14. The fourth-order valence-corrected chi connectivity index (χ4v) is 4.18. The average molecular weight is 425 g/mol. The van der Waals surface area contributed by atoms with Crippen molar-refractivity contribution in [1.29, 1.82) is 0 Å². The second-order valence-corrected chi connectivity index (χ2v) is 8.43. The van der Waals surface area contributed by atoms with Crippen molar-refractivity contribution in [2.24, 2.45) is 0 Å². The predicted molar refractivity (Wildman–Crippen MR) is 119 cm³/mol. The molecule has 0 heterocycles. The minimum absolute atomic E-state index is 0.0510. The van der Waals surface area contributed by atoms with Gasteiger partial charge in [0.15, 0.2) is 0 Å². The van der Waals surface area contributed by atoms with E-state index in [4.69, 9.17) is 4.74 Å². The summed E-state index contributed by atoms with van der Waals surface area (Å²) in [6.45, 7) is 3.97. The molecule has 6 nitrogen and oxygen atoms in total. The maximum Gasteiger partial charge on any atom is 0.262 e. The molecular formula is C23H24N2O4S. The van der Waals surface area contributed by atoms with E-state index < -0.39 is 10.0 Å². The molecule has 0 bridgehead atoms. The number of methoxy groups -OCH3 is 1. The van der Waals surface area contributed by atoms with Gasteiger partial charge in [-0.15, -0.1) is 0 Å². The first-order chi connectivity index (χ1) is 14.4. The fourth-order valence-electron chi connectivity index (χ4n) is 3.11. The lowest BCUT2D eigenvalue weighted by molar-refractivity contribution is 0.102. The van der Waals surface area contributed by atoms with Gasteiger partial charge < -0.3 is 10.1 Å². The van der Waals surface area contributed by atoms with Gasteiger partial charge in [0, 0.05) is 11.3 Å². The van der Waals surface area contributed by atoms with Crippen LogP contribution in [0.2, 0.25) is 0 Å². The van der Waals surface area contributed by atoms with Crippen LogP contribution in [0.25, 0.3) is 0 Å². The highest BCUT2D eigenvalue weighted by molar-refractivity contribution is 7.92. The molecule has 0 unspecified atom stereocenters. The molecular weight excluding hydrogens is 400 g/mol. The Kier molecular flexibility index (Phi) is 6.42. The highest BCUT2D eigenvalue weighted by atomic mass is 32.2. The molecule has 0 fully saturated rings. The van der Waals surface area contributed by atoms with E-state index in [2.05, 4.69) is 10.0 Å². The van der Waals surface area contributed by atoms with Gasteiger partial charge in [0.25, 0.3) is 15.9 Å². The van der Waals surface area contributed by atoms with E-state index >= 15 is 0 Å². The van der Waals surface area contributed by atoms with Crippen molar-refractivity contribution in [3.05, 3.63) is 83.4 Å². The Morgan fingerprint density at radius 2 is 1.67 bits per heavy atom. The van der Waals surface area contributed by atoms with Crippen LogP contribution in [0.1, 0.15) is 28.4 Å². The normalized spacial score (nSPS) is 11.0. The molecule has 0 saturated carbocycles. The van der Waals surface area contributed by atoms with E-state index in [1.165, 1.54) is 31.4 Å². The molecule has 30 heavy (non-hydrogen) atoms. The van der Waals surface area contributed by atoms with Crippen LogP contribution >= 0.6 is 0 Å². The Morgan fingerprint density at radius 1 is 0.967 bits per heavy atom. The van der Waals surface area contributed by atoms with Crippen LogP contribution in [0.3, 0.4) is 0 Å². The molecule has 156 valence electrons. The Bertz CT molecular complexity index is 1160. The van der Waals surface area contributed by atoms with Crippen molar-refractivity contribution >= 4 is 27.3 Å². The summed E-state index contributed by atoms with van der Waals surface area (Å²) < 4.78 is 33.1. The summed E-state index contributed by atoms with van der Waals surface area (Å²) in [6, 6.07) is 18.4. The summed E-state index contributed by atoms with van der Waals surface area (Å²) in [5.74, 6) is 0.127. The van der Waals surface area contributed by atoms with E-state index in [9.17, 15) is 13.2 Å². The van der Waals surface area contributed by atoms with Crippen LogP contribution in [-0.4, -0.2) is 21.4 Å². The minimum Gasteiger partial charge on any atom is -0.495 e. The number of aryl methyl sites for hydroxylation is 2. The quantitative estimate of drug-likeness (QED) is 0.580. The van der Waals surface area contributed by atoms with Gasteiger partial charge in [0.2, 0.25) is 0 Å². The van der Waals surface area contributed by atoms with E-state index in [0.717, 1.165) is 23.2 Å². The van der Waals surface area contributed by atoms with Crippen molar-refractivity contribution in [1.82, 2.24) is 0 Å². The van der Waals surface area contributed by atoms with Crippen molar-refractivity contribution < 1.29 is 17.9 Å². The van der Waals surface area contributed by atoms with Crippen LogP contribution in [-0.2, 0) is 16.4 Å². The first-order valence-electron chi connectivity index (χ1n) is 9.51. The van der Waals surface area contributed by atoms with Crippen molar-refractivity contribution in [2.75, 3.05) is 17.1 Å². The Morgan fingerprint density at radius 3 is 2.33 bits per heavy atom. The number of amides is 1. The lowest BCUT2D eigenvalue weighted by Crippen LogP contribution is -2.16. The number of carbonyl (C=O) groups excluding carboxylic acids is 1. The van der Waals surface area contributed by atoms with Crippen LogP contribution in [0, 0.1) is 6.92 Å². The molecule has 0 saturated heterocycles. The third kappa shape index (κ3) is 4.63. The molecule has 3 aromatic carbocycles. The molecule has 1 amide bonds. The third-order valence-corrected chi connectivity index (χ3v) is 6.14. The summed E-state index contributed by atoms with van der Waals surface area (Å²) in [5, 5.41) is 2.94. The van der Waals surface area contributed by atoms with Crippen LogP contribution in [0.15, 0.2) is 71.6 Å². The molecule has 0 atom stereocenters. The van der Waals surface area contributed by atoms with Crippen LogP contribution < -0.4 is 14.8 Å². The number of sulfonamides is 1. The number of anilines is 2. The monoisotopic (exact) mass is 424 g/mol. The van der Waals surface area contributed by atoms with Gasteiger partial charge in [0.05, 0.1) is 17.7 Å². The second kappa shape index (κ2) is 9.00. The number of para-hydroxylation sites is 3. The number of benzene rings is 3. The zero-order chi connectivity index (χ0) is 21.7. The summed E-state index contributed by atoms with van der Waals surface area (Å²) in [5.41, 5.74) is 3.52. The predicted octanol–water partition coefficient (Wildman–Crippen LogP) is 4.62. The number of rotatable bonds is 7. The molecule has 0 aliphatic rings. The lowest BCUT2D eigenvalue weighted by atomic mass is 10.1. The Labute approximate surface area is 177 Å². The molecule has 0 aliphatic carbocycles. The smallest absolute Gasteiger partial charge is 0.262 e. The van der Waals surface area contributed by atoms with Gasteiger partial charge >= 0.3 is 0 Å². The molecule has 0 aromatic heterocycles. The van der Waals surface area contributed by atoms with E-state index in [-0.39, 0.29) is 10.8 Å². The maximum atomic E-state index is 12.7. The second-order valence-electron chi connectivity index (χ2n) is 6.75. The number of hydrogen-bond donors (Lipinski definition) is 2. The topological polar surface area (TPSA) is 84.5 Å². The van der Waals surface area contributed by atoms with E-state index in [1.807, 2.05) is 32.0 Å². The Balaban J connectivity index is 1.80. The SMILES string of the molecule is CCc1cccc(C)c1NC(=O)c1ccc(S(=O)(=O)Nc2ccccc2OC)cc1. The average Bonchev–Trinajstić information content (AvgIpc) is 2.75. The number of hydrogen-bond acceptors (Lipinski definition) is 4. The Hall–Kier alpha value is -3.32. The fraction of sp³-hybridized carbons (Fsp3) is 0.174. The molecule has 0 spiro atoms. The van der Waals surface area contributed by atoms with Crippen molar-refractivity contribution in [3.8, 4) is 5.75 Å². The number of carbonyl (C=O) groups is 1. The van der Waals surface area contributed by atoms with E-state index in [0.29, 0.717) is 17.0 Å².